The molecule has 0 aliphatic heterocycles. The van der Waals surface area contributed by atoms with Crippen LogP contribution in [0.3, 0.4) is 0 Å². The van der Waals surface area contributed by atoms with Crippen molar-refractivity contribution in [2.45, 2.75) is 33.1 Å². The summed E-state index contributed by atoms with van der Waals surface area (Å²) < 4.78 is 2.37. The summed E-state index contributed by atoms with van der Waals surface area (Å²) in [5.41, 5.74) is 18.6. The molecule has 2 heteroatoms. The topological polar surface area (TPSA) is 8.17 Å². The Labute approximate surface area is 300 Å². The van der Waals surface area contributed by atoms with E-state index in [1.54, 1.807) is 0 Å². The second kappa shape index (κ2) is 12.0. The van der Waals surface area contributed by atoms with Crippen molar-refractivity contribution in [1.29, 1.82) is 0 Å². The van der Waals surface area contributed by atoms with E-state index in [-0.39, 0.29) is 5.41 Å². The molecule has 0 saturated carbocycles. The zero-order valence-corrected chi connectivity index (χ0v) is 29.6. The largest absolute Gasteiger partial charge is 0.314 e. The highest BCUT2D eigenvalue weighted by molar-refractivity contribution is 5.92. The van der Waals surface area contributed by atoms with Gasteiger partial charge in [0.25, 0.3) is 0 Å². The number of anilines is 3. The zero-order chi connectivity index (χ0) is 34.7. The predicted molar refractivity (Wildman–Crippen MR) is 216 cm³/mol. The van der Waals surface area contributed by atoms with E-state index in [1.807, 2.05) is 0 Å². The van der Waals surface area contributed by atoms with E-state index < -0.39 is 0 Å². The summed E-state index contributed by atoms with van der Waals surface area (Å²) in [6, 6.07) is 62.1. The number of aromatic nitrogens is 1. The van der Waals surface area contributed by atoms with Crippen LogP contribution in [-0.2, 0) is 5.41 Å². The second-order valence-corrected chi connectivity index (χ2v) is 14.3. The van der Waals surface area contributed by atoms with Crippen LogP contribution in [0.5, 0.6) is 0 Å². The number of para-hydroxylation sites is 1. The van der Waals surface area contributed by atoms with Gasteiger partial charge in [-0.3, -0.25) is 0 Å². The summed E-state index contributed by atoms with van der Waals surface area (Å²) in [5, 5.41) is 1.29. The average molecular weight is 657 g/mol. The monoisotopic (exact) mass is 656 g/mol. The normalized spacial score (nSPS) is 12.9. The molecule has 7 aromatic carbocycles. The number of rotatable bonds is 6. The molecule has 0 spiro atoms. The first-order chi connectivity index (χ1) is 24.9. The van der Waals surface area contributed by atoms with Crippen LogP contribution in [0.15, 0.2) is 170 Å². The third-order valence-electron chi connectivity index (χ3n) is 11.1. The van der Waals surface area contributed by atoms with E-state index in [2.05, 4.69) is 207 Å². The molecule has 0 atom stereocenters. The van der Waals surface area contributed by atoms with Crippen molar-refractivity contribution in [3.63, 3.8) is 0 Å². The van der Waals surface area contributed by atoms with E-state index >= 15 is 0 Å². The third kappa shape index (κ3) is 5.10. The Morgan fingerprint density at radius 3 is 1.67 bits per heavy atom. The van der Waals surface area contributed by atoms with Gasteiger partial charge in [-0.15, -0.1) is 0 Å². The number of hydrogen-bond acceptors (Lipinski definition) is 1. The highest BCUT2D eigenvalue weighted by Gasteiger charge is 2.35. The molecule has 51 heavy (non-hydrogen) atoms. The number of benzene rings is 7. The van der Waals surface area contributed by atoms with Gasteiger partial charge in [0.05, 0.1) is 5.52 Å². The Balaban J connectivity index is 1.12. The molecule has 0 amide bonds. The minimum absolute atomic E-state index is 0.0801. The Morgan fingerprint density at radius 2 is 0.980 bits per heavy atom. The smallest absolute Gasteiger partial charge is 0.0534 e. The molecule has 0 saturated heterocycles. The van der Waals surface area contributed by atoms with E-state index in [4.69, 9.17) is 0 Å². The van der Waals surface area contributed by atoms with Crippen molar-refractivity contribution >= 4 is 28.0 Å². The minimum Gasteiger partial charge on any atom is -0.314 e. The van der Waals surface area contributed by atoms with Gasteiger partial charge >= 0.3 is 0 Å². The summed E-state index contributed by atoms with van der Waals surface area (Å²) in [6.45, 7) is 9.16. The Kier molecular flexibility index (Phi) is 7.29. The van der Waals surface area contributed by atoms with Gasteiger partial charge in [0.2, 0.25) is 0 Å². The van der Waals surface area contributed by atoms with Crippen molar-refractivity contribution in [3.05, 3.63) is 192 Å². The van der Waals surface area contributed by atoms with Crippen LogP contribution in [0.25, 0.3) is 50.0 Å². The van der Waals surface area contributed by atoms with Crippen LogP contribution < -0.4 is 4.90 Å². The molecule has 2 nitrogen and oxygen atoms in total. The zero-order valence-electron chi connectivity index (χ0n) is 29.6. The summed E-state index contributed by atoms with van der Waals surface area (Å²) >= 11 is 0. The molecule has 0 fully saturated rings. The minimum atomic E-state index is -0.0801. The summed E-state index contributed by atoms with van der Waals surface area (Å²) in [7, 11) is 0. The van der Waals surface area contributed by atoms with Gasteiger partial charge in [-0.2, -0.15) is 0 Å². The maximum atomic E-state index is 2.41. The first-order valence-corrected chi connectivity index (χ1v) is 17.9. The fourth-order valence-corrected chi connectivity index (χ4v) is 8.18. The number of nitrogens with zero attached hydrogens (tertiary/aromatic N) is 2. The average Bonchev–Trinajstić information content (AvgIpc) is 3.57. The van der Waals surface area contributed by atoms with E-state index in [0.29, 0.717) is 0 Å². The Bertz CT molecular complexity index is 2540. The molecule has 246 valence electrons. The van der Waals surface area contributed by atoms with Gasteiger partial charge in [0.15, 0.2) is 0 Å². The molecule has 0 bridgehead atoms. The molecule has 9 rings (SSSR count). The molecule has 8 aromatic rings. The van der Waals surface area contributed by atoms with Gasteiger partial charge in [-0.05, 0) is 125 Å². The number of fused-ring (bicyclic) bond motifs is 4. The lowest BCUT2D eigenvalue weighted by molar-refractivity contribution is 0.660. The van der Waals surface area contributed by atoms with Gasteiger partial charge < -0.3 is 9.47 Å². The van der Waals surface area contributed by atoms with Crippen LogP contribution in [0.4, 0.5) is 17.1 Å². The molecule has 0 unspecified atom stereocenters. The highest BCUT2D eigenvalue weighted by Crippen LogP contribution is 2.50. The van der Waals surface area contributed by atoms with Crippen molar-refractivity contribution < 1.29 is 0 Å². The van der Waals surface area contributed by atoms with Gasteiger partial charge in [0, 0.05) is 39.2 Å². The lowest BCUT2D eigenvalue weighted by Crippen LogP contribution is -2.16. The Hall–Kier alpha value is -6.12. The standard InChI is InChI=1S/C49H40N2/c1-33-34(2)50(39-15-9-6-10-16-39)48-30-23-38(31-45(33)48)37-21-26-41(27-22-37)51(40-24-19-36(20-25-40)35-13-7-5-8-14-35)42-28-29-44-43-17-11-12-18-46(43)49(3,4)47(44)32-42/h5-32H,1-4H3. The van der Waals surface area contributed by atoms with Crippen LogP contribution in [-0.4, -0.2) is 4.57 Å². The van der Waals surface area contributed by atoms with Gasteiger partial charge in [0.1, 0.15) is 0 Å². The molecule has 1 aliphatic carbocycles. The summed E-state index contributed by atoms with van der Waals surface area (Å²) in [5.74, 6) is 0. The molecular formula is C49H40N2. The lowest BCUT2D eigenvalue weighted by Gasteiger charge is -2.28. The van der Waals surface area contributed by atoms with E-state index in [9.17, 15) is 0 Å². The van der Waals surface area contributed by atoms with Crippen molar-refractivity contribution in [2.24, 2.45) is 0 Å². The first kappa shape index (κ1) is 30.9. The fourth-order valence-electron chi connectivity index (χ4n) is 8.18. The van der Waals surface area contributed by atoms with Gasteiger partial charge in [-0.1, -0.05) is 123 Å². The first-order valence-electron chi connectivity index (χ1n) is 17.9. The maximum Gasteiger partial charge on any atom is 0.0534 e. The van der Waals surface area contributed by atoms with Crippen molar-refractivity contribution in [2.75, 3.05) is 4.90 Å². The molecule has 0 N–H and O–H groups in total. The summed E-state index contributed by atoms with van der Waals surface area (Å²) in [4.78, 5) is 2.40. The molecule has 1 aliphatic rings. The van der Waals surface area contributed by atoms with Crippen LogP contribution in [0.1, 0.15) is 36.2 Å². The predicted octanol–water partition coefficient (Wildman–Crippen LogP) is 13.4. The van der Waals surface area contributed by atoms with Crippen molar-refractivity contribution in [3.8, 4) is 39.1 Å². The fraction of sp³-hybridized carbons (Fsp3) is 0.102. The van der Waals surface area contributed by atoms with Gasteiger partial charge in [-0.25, -0.2) is 0 Å². The number of aryl methyl sites for hydroxylation is 1. The third-order valence-corrected chi connectivity index (χ3v) is 11.1. The van der Waals surface area contributed by atoms with Crippen LogP contribution in [0.2, 0.25) is 0 Å². The van der Waals surface area contributed by atoms with E-state index in [0.717, 1.165) is 17.1 Å². The molecule has 0 radical (unpaired) electrons. The Morgan fingerprint density at radius 1 is 0.451 bits per heavy atom. The number of hydrogen-bond donors (Lipinski definition) is 0. The maximum absolute atomic E-state index is 2.41. The molecular weight excluding hydrogens is 617 g/mol. The molecule has 1 aromatic heterocycles. The second-order valence-electron chi connectivity index (χ2n) is 14.3. The molecule has 1 heterocycles. The quantitative estimate of drug-likeness (QED) is 0.173. The SMILES string of the molecule is Cc1c(C)n(-c2ccccc2)c2ccc(-c3ccc(N(c4ccc(-c5ccccc5)cc4)c4ccc5c(c4)C(C)(C)c4ccccc4-5)cc3)cc12. The van der Waals surface area contributed by atoms with Crippen LogP contribution in [0, 0.1) is 13.8 Å². The summed E-state index contributed by atoms with van der Waals surface area (Å²) in [6.07, 6.45) is 0. The van der Waals surface area contributed by atoms with E-state index in [1.165, 1.54) is 72.4 Å². The van der Waals surface area contributed by atoms with Crippen molar-refractivity contribution in [1.82, 2.24) is 4.57 Å². The highest BCUT2D eigenvalue weighted by atomic mass is 15.1. The lowest BCUT2D eigenvalue weighted by atomic mass is 9.82. The van der Waals surface area contributed by atoms with Crippen LogP contribution >= 0.6 is 0 Å².